The number of nitrogens with one attached hydrogen (secondary N) is 1. The summed E-state index contributed by atoms with van der Waals surface area (Å²) in [6.07, 6.45) is -2.98. The van der Waals surface area contributed by atoms with Gasteiger partial charge in [0.15, 0.2) is 6.10 Å². The van der Waals surface area contributed by atoms with E-state index < -0.39 is 42.2 Å². The molecule has 0 spiro atoms. The summed E-state index contributed by atoms with van der Waals surface area (Å²) < 4.78 is 4.84. The van der Waals surface area contributed by atoms with Crippen LogP contribution in [0.2, 0.25) is 0 Å². The standard InChI is InChI=1S/C10H17NO7/c1-10(2,3)18-9(17)11-4-5(7(13)14)6(12)8(15)16/h5-6,12H,4H2,1-3H3,(H,11,17)(H,13,14)(H,15,16)/t5-,6-/m0/s1. The van der Waals surface area contributed by atoms with Gasteiger partial charge in [0.2, 0.25) is 0 Å². The summed E-state index contributed by atoms with van der Waals surface area (Å²) in [6.45, 7) is 4.31. The zero-order chi connectivity index (χ0) is 14.5. The van der Waals surface area contributed by atoms with Crippen LogP contribution < -0.4 is 5.32 Å². The number of carboxylic acid groups (broad SMARTS) is 2. The second-order valence-electron chi connectivity index (χ2n) is 4.61. The second-order valence-corrected chi connectivity index (χ2v) is 4.61. The molecule has 0 bridgehead atoms. The lowest BCUT2D eigenvalue weighted by atomic mass is 10.0. The Balaban J connectivity index is 4.42. The molecule has 104 valence electrons. The molecule has 2 atom stereocenters. The van der Waals surface area contributed by atoms with Gasteiger partial charge in [-0.3, -0.25) is 4.79 Å². The van der Waals surface area contributed by atoms with Gasteiger partial charge in [0.25, 0.3) is 0 Å². The summed E-state index contributed by atoms with van der Waals surface area (Å²) in [5.41, 5.74) is -0.756. The number of hydrogen-bond donors (Lipinski definition) is 4. The van der Waals surface area contributed by atoms with Crippen molar-refractivity contribution >= 4 is 18.0 Å². The normalized spacial score (nSPS) is 14.4. The van der Waals surface area contributed by atoms with Crippen LogP contribution >= 0.6 is 0 Å². The third-order valence-corrected chi connectivity index (χ3v) is 1.82. The van der Waals surface area contributed by atoms with Crippen LogP contribution in [-0.4, -0.2) is 51.6 Å². The van der Waals surface area contributed by atoms with Crippen LogP contribution in [-0.2, 0) is 14.3 Å². The second kappa shape index (κ2) is 6.20. The van der Waals surface area contributed by atoms with Gasteiger partial charge in [-0.25, -0.2) is 9.59 Å². The minimum Gasteiger partial charge on any atom is -0.481 e. The molecule has 8 heteroatoms. The van der Waals surface area contributed by atoms with Crippen LogP contribution in [0.4, 0.5) is 4.79 Å². The van der Waals surface area contributed by atoms with Crippen LogP contribution in [0.15, 0.2) is 0 Å². The molecule has 0 aliphatic rings. The topological polar surface area (TPSA) is 133 Å². The Morgan fingerprint density at radius 1 is 1.17 bits per heavy atom. The number of rotatable bonds is 5. The SMILES string of the molecule is CC(C)(C)OC(=O)NC[C@H](C(=O)O)[C@H](O)C(=O)O. The molecule has 0 radical (unpaired) electrons. The Labute approximate surface area is 104 Å². The van der Waals surface area contributed by atoms with E-state index in [1.54, 1.807) is 20.8 Å². The predicted molar refractivity (Wildman–Crippen MR) is 59.0 cm³/mol. The van der Waals surface area contributed by atoms with Gasteiger partial charge in [0.1, 0.15) is 11.5 Å². The van der Waals surface area contributed by atoms with Gasteiger partial charge in [-0.05, 0) is 20.8 Å². The lowest BCUT2D eigenvalue weighted by Gasteiger charge is -2.21. The summed E-state index contributed by atoms with van der Waals surface area (Å²) in [7, 11) is 0. The fourth-order valence-electron chi connectivity index (χ4n) is 1.01. The van der Waals surface area contributed by atoms with Crippen molar-refractivity contribution in [1.29, 1.82) is 0 Å². The number of alkyl carbamates (subject to hydrolysis) is 1. The number of amides is 1. The summed E-state index contributed by atoms with van der Waals surface area (Å²) in [5.74, 6) is -4.84. The van der Waals surface area contributed by atoms with Gasteiger partial charge < -0.3 is 25.4 Å². The Morgan fingerprint density at radius 2 is 1.67 bits per heavy atom. The lowest BCUT2D eigenvalue weighted by molar-refractivity contribution is -0.159. The first kappa shape index (κ1) is 16.2. The molecular formula is C10H17NO7. The molecule has 0 heterocycles. The van der Waals surface area contributed by atoms with E-state index in [2.05, 4.69) is 5.32 Å². The number of carboxylic acids is 2. The monoisotopic (exact) mass is 263 g/mol. The summed E-state index contributed by atoms with van der Waals surface area (Å²) in [4.78, 5) is 32.4. The zero-order valence-corrected chi connectivity index (χ0v) is 10.3. The van der Waals surface area contributed by atoms with Crippen LogP contribution in [0.3, 0.4) is 0 Å². The maximum atomic E-state index is 11.2. The molecule has 0 aromatic carbocycles. The zero-order valence-electron chi connectivity index (χ0n) is 10.3. The minimum atomic E-state index is -2.10. The lowest BCUT2D eigenvalue weighted by Crippen LogP contribution is -2.44. The third kappa shape index (κ3) is 6.04. The molecular weight excluding hydrogens is 246 g/mol. The molecule has 18 heavy (non-hydrogen) atoms. The number of carbonyl (C=O) groups excluding carboxylic acids is 1. The van der Waals surface area contributed by atoms with Crippen molar-refractivity contribution in [3.8, 4) is 0 Å². The van der Waals surface area contributed by atoms with Gasteiger partial charge >= 0.3 is 18.0 Å². The molecule has 0 saturated heterocycles. The smallest absolute Gasteiger partial charge is 0.407 e. The highest BCUT2D eigenvalue weighted by molar-refractivity contribution is 5.82. The third-order valence-electron chi connectivity index (χ3n) is 1.82. The predicted octanol–water partition coefficient (Wildman–Crippen LogP) is -0.343. The van der Waals surface area contributed by atoms with Crippen molar-refractivity contribution in [1.82, 2.24) is 5.32 Å². The van der Waals surface area contributed by atoms with Crippen molar-refractivity contribution < 1.29 is 34.4 Å². The molecule has 0 unspecified atom stereocenters. The van der Waals surface area contributed by atoms with Crippen molar-refractivity contribution in [2.45, 2.75) is 32.5 Å². The van der Waals surface area contributed by atoms with Crippen molar-refractivity contribution in [3.05, 3.63) is 0 Å². The molecule has 0 rings (SSSR count). The first-order valence-electron chi connectivity index (χ1n) is 5.15. The fourth-order valence-corrected chi connectivity index (χ4v) is 1.01. The largest absolute Gasteiger partial charge is 0.481 e. The number of ether oxygens (including phenoxy) is 1. The van der Waals surface area contributed by atoms with E-state index >= 15 is 0 Å². The van der Waals surface area contributed by atoms with Gasteiger partial charge in [-0.15, -0.1) is 0 Å². The first-order valence-corrected chi connectivity index (χ1v) is 5.15. The highest BCUT2D eigenvalue weighted by Crippen LogP contribution is 2.08. The minimum absolute atomic E-state index is 0.544. The molecule has 0 aromatic rings. The maximum Gasteiger partial charge on any atom is 0.407 e. The van der Waals surface area contributed by atoms with E-state index in [0.29, 0.717) is 0 Å². The van der Waals surface area contributed by atoms with E-state index in [1.165, 1.54) is 0 Å². The van der Waals surface area contributed by atoms with Crippen LogP contribution in [0, 0.1) is 5.92 Å². The highest BCUT2D eigenvalue weighted by atomic mass is 16.6. The number of aliphatic hydroxyl groups is 1. The van der Waals surface area contributed by atoms with Crippen LogP contribution in [0.5, 0.6) is 0 Å². The van der Waals surface area contributed by atoms with Gasteiger partial charge in [0.05, 0.1) is 0 Å². The number of aliphatic hydroxyl groups excluding tert-OH is 1. The first-order chi connectivity index (χ1) is 8.04. The molecule has 1 amide bonds. The van der Waals surface area contributed by atoms with Gasteiger partial charge in [0, 0.05) is 6.54 Å². The Kier molecular flexibility index (Phi) is 5.57. The Hall–Kier alpha value is -1.83. The highest BCUT2D eigenvalue weighted by Gasteiger charge is 2.32. The Bertz CT molecular complexity index is 334. The molecule has 0 aliphatic heterocycles. The van der Waals surface area contributed by atoms with E-state index in [4.69, 9.17) is 20.1 Å². The van der Waals surface area contributed by atoms with E-state index in [1.807, 2.05) is 0 Å². The summed E-state index contributed by atoms with van der Waals surface area (Å²) in [6, 6.07) is 0. The Morgan fingerprint density at radius 3 is 2.00 bits per heavy atom. The molecule has 8 nitrogen and oxygen atoms in total. The molecule has 0 fully saturated rings. The van der Waals surface area contributed by atoms with Crippen molar-refractivity contribution in [3.63, 3.8) is 0 Å². The number of carbonyl (C=O) groups is 3. The summed E-state index contributed by atoms with van der Waals surface area (Å²) in [5, 5.41) is 28.4. The van der Waals surface area contributed by atoms with E-state index in [9.17, 15) is 14.4 Å². The van der Waals surface area contributed by atoms with Gasteiger partial charge in [-0.2, -0.15) is 0 Å². The van der Waals surface area contributed by atoms with Crippen molar-refractivity contribution in [2.75, 3.05) is 6.54 Å². The molecule has 4 N–H and O–H groups in total. The van der Waals surface area contributed by atoms with Gasteiger partial charge in [-0.1, -0.05) is 0 Å². The van der Waals surface area contributed by atoms with E-state index in [0.717, 1.165) is 0 Å². The van der Waals surface area contributed by atoms with Crippen LogP contribution in [0.1, 0.15) is 20.8 Å². The maximum absolute atomic E-state index is 11.2. The molecule has 0 aliphatic carbocycles. The van der Waals surface area contributed by atoms with Crippen molar-refractivity contribution in [2.24, 2.45) is 5.92 Å². The fraction of sp³-hybridized carbons (Fsp3) is 0.700. The molecule has 0 saturated carbocycles. The summed E-state index contributed by atoms with van der Waals surface area (Å²) >= 11 is 0. The van der Waals surface area contributed by atoms with E-state index in [-0.39, 0.29) is 0 Å². The molecule has 0 aromatic heterocycles. The van der Waals surface area contributed by atoms with Crippen LogP contribution in [0.25, 0.3) is 0 Å². The quantitative estimate of drug-likeness (QED) is 0.533. The number of hydrogen-bond acceptors (Lipinski definition) is 5. The number of aliphatic carboxylic acids is 2. The average Bonchev–Trinajstić information content (AvgIpc) is 2.13. The average molecular weight is 263 g/mol.